The second-order valence-electron chi connectivity index (χ2n) is 9.26. The van der Waals surface area contributed by atoms with Crippen LogP contribution in [0.5, 0.6) is 0 Å². The van der Waals surface area contributed by atoms with Crippen molar-refractivity contribution < 1.29 is 27.2 Å². The number of carbonyl (C=O) groups is 2. The van der Waals surface area contributed by atoms with Crippen LogP contribution in [-0.2, 0) is 13.2 Å². The standard InChI is InChI=1S/C26H23ClF4N8O2/c1-37-21(17-13-39(36-22(17)26(29,30)31)20-5-2-14(32)10-19(20)28)12-34-23(37)24(40)35-15-3-4-16(18(27)11-15)25(41)38-8-6-33-7-9-38/h2-5,10-13,33H,6-9,32H2,1H3,(H,35,40). The van der Waals surface area contributed by atoms with Crippen molar-refractivity contribution in [2.24, 2.45) is 7.05 Å². The normalized spacial score (nSPS) is 13.9. The van der Waals surface area contributed by atoms with E-state index in [9.17, 15) is 27.2 Å². The summed E-state index contributed by atoms with van der Waals surface area (Å²) in [5.74, 6) is -2.04. The van der Waals surface area contributed by atoms with Crippen molar-refractivity contribution in [3.8, 4) is 16.9 Å². The Balaban J connectivity index is 1.41. The molecule has 1 aliphatic rings. The van der Waals surface area contributed by atoms with E-state index in [0.29, 0.717) is 26.2 Å². The molecule has 41 heavy (non-hydrogen) atoms. The summed E-state index contributed by atoms with van der Waals surface area (Å²) in [5, 5.41) is 9.45. The lowest BCUT2D eigenvalue weighted by molar-refractivity contribution is -0.140. The lowest BCUT2D eigenvalue weighted by Gasteiger charge is -2.27. The average molecular weight is 591 g/mol. The molecule has 0 saturated carbocycles. The van der Waals surface area contributed by atoms with Gasteiger partial charge < -0.3 is 25.8 Å². The fraction of sp³-hybridized carbons (Fsp3) is 0.231. The molecule has 10 nitrogen and oxygen atoms in total. The van der Waals surface area contributed by atoms with E-state index in [1.165, 1.54) is 37.4 Å². The van der Waals surface area contributed by atoms with Crippen molar-refractivity contribution in [3.63, 3.8) is 0 Å². The number of aromatic nitrogens is 4. The van der Waals surface area contributed by atoms with Gasteiger partial charge in [-0.2, -0.15) is 18.3 Å². The van der Waals surface area contributed by atoms with E-state index in [1.54, 1.807) is 4.90 Å². The summed E-state index contributed by atoms with van der Waals surface area (Å²) in [6.45, 7) is 2.43. The number of nitrogens with zero attached hydrogens (tertiary/aromatic N) is 5. The molecular formula is C26H23ClF4N8O2. The van der Waals surface area contributed by atoms with Crippen LogP contribution in [0.1, 0.15) is 26.7 Å². The Bertz CT molecular complexity index is 1640. The second-order valence-corrected chi connectivity index (χ2v) is 9.67. The van der Waals surface area contributed by atoms with Crippen LogP contribution in [0.25, 0.3) is 16.9 Å². The Labute approximate surface area is 235 Å². The number of piperazine rings is 1. The van der Waals surface area contributed by atoms with Crippen LogP contribution in [0.15, 0.2) is 48.8 Å². The number of rotatable bonds is 5. The largest absolute Gasteiger partial charge is 0.435 e. The van der Waals surface area contributed by atoms with E-state index in [1.807, 2.05) is 0 Å². The average Bonchev–Trinajstić information content (AvgIpc) is 3.53. The third-order valence-corrected chi connectivity index (χ3v) is 6.84. The van der Waals surface area contributed by atoms with Gasteiger partial charge >= 0.3 is 6.18 Å². The first-order chi connectivity index (χ1) is 19.4. The minimum atomic E-state index is -4.89. The lowest BCUT2D eigenvalue weighted by atomic mass is 10.1. The van der Waals surface area contributed by atoms with Crippen LogP contribution in [-0.4, -0.2) is 62.2 Å². The van der Waals surface area contributed by atoms with Gasteiger partial charge in [0.05, 0.1) is 28.0 Å². The highest BCUT2D eigenvalue weighted by molar-refractivity contribution is 6.34. The number of hydrogen-bond donors (Lipinski definition) is 3. The number of alkyl halides is 3. The zero-order chi connectivity index (χ0) is 29.5. The molecule has 15 heteroatoms. The summed E-state index contributed by atoms with van der Waals surface area (Å²) in [4.78, 5) is 31.5. The smallest absolute Gasteiger partial charge is 0.399 e. The number of carbonyl (C=O) groups excluding carboxylic acids is 2. The van der Waals surface area contributed by atoms with Gasteiger partial charge in [-0.15, -0.1) is 0 Å². The second kappa shape index (κ2) is 10.9. The molecule has 0 radical (unpaired) electrons. The molecule has 0 spiro atoms. The monoisotopic (exact) mass is 590 g/mol. The number of anilines is 2. The van der Waals surface area contributed by atoms with Gasteiger partial charge in [0.2, 0.25) is 0 Å². The summed E-state index contributed by atoms with van der Waals surface area (Å²) >= 11 is 6.34. The maximum absolute atomic E-state index is 14.4. The number of benzene rings is 2. The minimum absolute atomic E-state index is 0.0837. The van der Waals surface area contributed by atoms with E-state index in [-0.39, 0.29) is 45.1 Å². The predicted octanol–water partition coefficient (Wildman–Crippen LogP) is 3.96. The summed E-state index contributed by atoms with van der Waals surface area (Å²) < 4.78 is 58.1. The first-order valence-electron chi connectivity index (χ1n) is 12.3. The highest BCUT2D eigenvalue weighted by Gasteiger charge is 2.39. The molecule has 0 aliphatic carbocycles. The summed E-state index contributed by atoms with van der Waals surface area (Å²) in [7, 11) is 1.36. The van der Waals surface area contributed by atoms with Gasteiger partial charge in [0.15, 0.2) is 17.3 Å². The van der Waals surface area contributed by atoms with Gasteiger partial charge in [-0.3, -0.25) is 9.59 Å². The molecule has 4 N–H and O–H groups in total. The van der Waals surface area contributed by atoms with Gasteiger partial charge in [0.25, 0.3) is 11.8 Å². The van der Waals surface area contributed by atoms with E-state index in [0.717, 1.165) is 27.7 Å². The molecule has 2 amide bonds. The molecular weight excluding hydrogens is 568 g/mol. The van der Waals surface area contributed by atoms with E-state index >= 15 is 0 Å². The molecule has 0 unspecified atom stereocenters. The number of halogens is 5. The Hall–Kier alpha value is -4.43. The molecule has 4 aromatic rings. The van der Waals surface area contributed by atoms with Crippen molar-refractivity contribution in [3.05, 3.63) is 76.7 Å². The number of nitrogens with two attached hydrogens (primary N) is 1. The summed E-state index contributed by atoms with van der Waals surface area (Å²) in [5.41, 5.74) is 4.14. The number of amides is 2. The van der Waals surface area contributed by atoms with Crippen LogP contribution < -0.4 is 16.4 Å². The Kier molecular flexibility index (Phi) is 7.44. The first-order valence-corrected chi connectivity index (χ1v) is 12.7. The SMILES string of the molecule is Cn1c(-c2cn(-c3ccc(N)cc3F)nc2C(F)(F)F)cnc1C(=O)Nc1ccc(C(=O)N2CCNCC2)c(Cl)c1. The topological polar surface area (TPSA) is 123 Å². The molecule has 3 heterocycles. The highest BCUT2D eigenvalue weighted by Crippen LogP contribution is 2.37. The Morgan fingerprint density at radius 3 is 2.51 bits per heavy atom. The maximum atomic E-state index is 14.4. The molecule has 214 valence electrons. The van der Waals surface area contributed by atoms with Crippen molar-refractivity contribution in [1.29, 1.82) is 0 Å². The number of imidazole rings is 1. The molecule has 5 rings (SSSR count). The van der Waals surface area contributed by atoms with E-state index in [4.69, 9.17) is 17.3 Å². The van der Waals surface area contributed by atoms with Crippen LogP contribution in [0.3, 0.4) is 0 Å². The quantitative estimate of drug-likeness (QED) is 0.239. The predicted molar refractivity (Wildman–Crippen MR) is 143 cm³/mol. The van der Waals surface area contributed by atoms with Crippen molar-refractivity contribution in [2.45, 2.75) is 6.18 Å². The third-order valence-electron chi connectivity index (χ3n) is 6.53. The Morgan fingerprint density at radius 2 is 1.85 bits per heavy atom. The van der Waals surface area contributed by atoms with Crippen molar-refractivity contribution in [2.75, 3.05) is 37.2 Å². The molecule has 1 aliphatic heterocycles. The number of nitrogens with one attached hydrogen (secondary N) is 2. The molecule has 0 atom stereocenters. The van der Waals surface area contributed by atoms with Crippen LogP contribution in [0.4, 0.5) is 28.9 Å². The highest BCUT2D eigenvalue weighted by atomic mass is 35.5. The third kappa shape index (κ3) is 5.60. The summed E-state index contributed by atoms with van der Waals surface area (Å²) in [6, 6.07) is 7.90. The van der Waals surface area contributed by atoms with Crippen LogP contribution >= 0.6 is 11.6 Å². The van der Waals surface area contributed by atoms with E-state index in [2.05, 4.69) is 20.7 Å². The molecule has 1 fully saturated rings. The zero-order valence-electron chi connectivity index (χ0n) is 21.5. The van der Waals surface area contributed by atoms with Gasteiger partial charge in [-0.05, 0) is 36.4 Å². The number of nitrogen functional groups attached to an aromatic ring is 1. The van der Waals surface area contributed by atoms with Crippen LogP contribution in [0.2, 0.25) is 5.02 Å². The van der Waals surface area contributed by atoms with E-state index < -0.39 is 29.2 Å². The van der Waals surface area contributed by atoms with Crippen molar-refractivity contribution >= 4 is 34.8 Å². The Morgan fingerprint density at radius 1 is 1.12 bits per heavy atom. The lowest BCUT2D eigenvalue weighted by Crippen LogP contribution is -2.46. The van der Waals surface area contributed by atoms with Crippen molar-refractivity contribution in [1.82, 2.24) is 29.5 Å². The van der Waals surface area contributed by atoms with Gasteiger partial charge in [0, 0.05) is 50.8 Å². The summed E-state index contributed by atoms with van der Waals surface area (Å²) in [6.07, 6.45) is -2.80. The number of hydrogen-bond acceptors (Lipinski definition) is 6. The molecule has 2 aromatic heterocycles. The minimum Gasteiger partial charge on any atom is -0.399 e. The van der Waals surface area contributed by atoms with Gasteiger partial charge in [-0.25, -0.2) is 14.1 Å². The maximum Gasteiger partial charge on any atom is 0.435 e. The molecule has 0 bridgehead atoms. The van der Waals surface area contributed by atoms with Gasteiger partial charge in [0.1, 0.15) is 5.69 Å². The zero-order valence-corrected chi connectivity index (χ0v) is 22.2. The fourth-order valence-electron chi connectivity index (χ4n) is 4.47. The van der Waals surface area contributed by atoms with Crippen LogP contribution in [0, 0.1) is 5.82 Å². The molecule has 2 aromatic carbocycles. The fourth-order valence-corrected chi connectivity index (χ4v) is 4.73. The molecule has 1 saturated heterocycles. The van der Waals surface area contributed by atoms with Gasteiger partial charge in [-0.1, -0.05) is 11.6 Å². The first kappa shape index (κ1) is 28.1.